The van der Waals surface area contributed by atoms with Crippen LogP contribution in [0.25, 0.3) is 10.9 Å². The Morgan fingerprint density at radius 1 is 1.47 bits per heavy atom. The van der Waals surface area contributed by atoms with Crippen molar-refractivity contribution in [1.29, 1.82) is 0 Å². The average molecular weight is 201 g/mol. The van der Waals surface area contributed by atoms with Crippen LogP contribution in [0.3, 0.4) is 0 Å². The van der Waals surface area contributed by atoms with E-state index in [4.69, 9.17) is 7.85 Å². The SMILES string of the molecule is [B]c1cc(F)c2nccc(C(C)O)c2c1. The summed E-state index contributed by atoms with van der Waals surface area (Å²) in [5.41, 5.74) is 1.20. The molecule has 2 nitrogen and oxygen atoms in total. The zero-order chi connectivity index (χ0) is 11.0. The average Bonchev–Trinajstić information content (AvgIpc) is 2.16. The molecule has 2 rings (SSSR count). The maximum Gasteiger partial charge on any atom is 0.148 e. The van der Waals surface area contributed by atoms with Gasteiger partial charge in [0.2, 0.25) is 0 Å². The molecule has 0 amide bonds. The van der Waals surface area contributed by atoms with Gasteiger partial charge in [-0.25, -0.2) is 4.39 Å². The molecule has 1 aromatic carbocycles. The van der Waals surface area contributed by atoms with Gasteiger partial charge in [0.15, 0.2) is 0 Å². The second kappa shape index (κ2) is 3.63. The highest BCUT2D eigenvalue weighted by Crippen LogP contribution is 2.23. The van der Waals surface area contributed by atoms with Crippen molar-refractivity contribution in [3.63, 3.8) is 0 Å². The van der Waals surface area contributed by atoms with Crippen LogP contribution in [0.15, 0.2) is 24.4 Å². The molecule has 2 radical (unpaired) electrons. The van der Waals surface area contributed by atoms with Crippen LogP contribution >= 0.6 is 0 Å². The molecule has 0 aliphatic heterocycles. The molecule has 74 valence electrons. The van der Waals surface area contributed by atoms with Gasteiger partial charge in [0, 0.05) is 11.6 Å². The second-order valence-electron chi connectivity index (χ2n) is 3.48. The molecule has 4 heteroatoms. The van der Waals surface area contributed by atoms with Gasteiger partial charge < -0.3 is 5.11 Å². The topological polar surface area (TPSA) is 33.1 Å². The van der Waals surface area contributed by atoms with Crippen molar-refractivity contribution >= 4 is 24.2 Å². The van der Waals surface area contributed by atoms with E-state index in [0.717, 1.165) is 0 Å². The van der Waals surface area contributed by atoms with Gasteiger partial charge in [-0.1, -0.05) is 11.5 Å². The Bertz CT molecular complexity index is 513. The predicted octanol–water partition coefficient (Wildman–Crippen LogP) is 1.22. The molecule has 0 aliphatic rings. The number of fused-ring (bicyclic) bond motifs is 1. The standard InChI is InChI=1S/C11H9BFNO/c1-6(15)8-2-3-14-11-9(8)4-7(12)5-10(11)13/h2-6,15H,1H3. The van der Waals surface area contributed by atoms with Crippen molar-refractivity contribution in [3.8, 4) is 0 Å². The largest absolute Gasteiger partial charge is 0.389 e. The molecule has 1 atom stereocenters. The van der Waals surface area contributed by atoms with Crippen LogP contribution in [0.4, 0.5) is 4.39 Å². The van der Waals surface area contributed by atoms with Gasteiger partial charge in [-0.2, -0.15) is 0 Å². The summed E-state index contributed by atoms with van der Waals surface area (Å²) in [5, 5.41) is 10.1. The van der Waals surface area contributed by atoms with Crippen LogP contribution in [-0.2, 0) is 0 Å². The zero-order valence-corrected chi connectivity index (χ0v) is 8.24. The summed E-state index contributed by atoms with van der Waals surface area (Å²) < 4.78 is 13.5. The van der Waals surface area contributed by atoms with Crippen LogP contribution in [0.1, 0.15) is 18.6 Å². The van der Waals surface area contributed by atoms with E-state index in [2.05, 4.69) is 4.98 Å². The molecular weight excluding hydrogens is 192 g/mol. The number of rotatable bonds is 1. The normalized spacial score (nSPS) is 13.0. The van der Waals surface area contributed by atoms with E-state index in [0.29, 0.717) is 16.4 Å². The number of nitrogens with zero attached hydrogens (tertiary/aromatic N) is 1. The Morgan fingerprint density at radius 3 is 2.87 bits per heavy atom. The third kappa shape index (κ3) is 1.73. The lowest BCUT2D eigenvalue weighted by molar-refractivity contribution is 0.201. The fourth-order valence-electron chi connectivity index (χ4n) is 1.62. The van der Waals surface area contributed by atoms with Crippen molar-refractivity contribution < 1.29 is 9.50 Å². The molecular formula is C11H9BFNO. The molecule has 0 spiro atoms. The van der Waals surface area contributed by atoms with Gasteiger partial charge in [0.05, 0.1) is 6.10 Å². The first-order chi connectivity index (χ1) is 7.09. The van der Waals surface area contributed by atoms with Gasteiger partial charge in [0.25, 0.3) is 0 Å². The summed E-state index contributed by atoms with van der Waals surface area (Å²) in [7, 11) is 5.54. The number of aliphatic hydroxyl groups excluding tert-OH is 1. The smallest absolute Gasteiger partial charge is 0.148 e. The van der Waals surface area contributed by atoms with Crippen molar-refractivity contribution in [1.82, 2.24) is 4.98 Å². The molecule has 15 heavy (non-hydrogen) atoms. The van der Waals surface area contributed by atoms with Crippen LogP contribution in [0.5, 0.6) is 0 Å². The van der Waals surface area contributed by atoms with E-state index in [1.807, 2.05) is 0 Å². The fraction of sp³-hybridized carbons (Fsp3) is 0.182. The van der Waals surface area contributed by atoms with E-state index in [-0.39, 0.29) is 5.52 Å². The lowest BCUT2D eigenvalue weighted by Gasteiger charge is -2.09. The molecule has 2 aromatic rings. The van der Waals surface area contributed by atoms with Crippen LogP contribution in [-0.4, -0.2) is 17.9 Å². The van der Waals surface area contributed by atoms with E-state index in [9.17, 15) is 9.50 Å². The molecule has 1 aromatic heterocycles. The Balaban J connectivity index is 2.85. The number of halogens is 1. The van der Waals surface area contributed by atoms with Crippen molar-refractivity contribution in [2.45, 2.75) is 13.0 Å². The summed E-state index contributed by atoms with van der Waals surface area (Å²) >= 11 is 0. The maximum absolute atomic E-state index is 13.5. The van der Waals surface area contributed by atoms with E-state index in [1.165, 1.54) is 12.3 Å². The lowest BCUT2D eigenvalue weighted by Crippen LogP contribution is -2.05. The van der Waals surface area contributed by atoms with E-state index in [1.54, 1.807) is 19.1 Å². The summed E-state index contributed by atoms with van der Waals surface area (Å²) in [4.78, 5) is 3.92. The summed E-state index contributed by atoms with van der Waals surface area (Å²) in [6.07, 6.45) is 0.806. The number of benzene rings is 1. The Labute approximate surface area is 88.2 Å². The summed E-state index contributed by atoms with van der Waals surface area (Å²) in [5.74, 6) is -0.465. The highest BCUT2D eigenvalue weighted by molar-refractivity contribution is 6.33. The molecule has 1 N–H and O–H groups in total. The molecule has 0 saturated carbocycles. The highest BCUT2D eigenvalue weighted by Gasteiger charge is 2.10. The van der Waals surface area contributed by atoms with Gasteiger partial charge in [-0.05, 0) is 24.6 Å². The molecule has 1 heterocycles. The third-order valence-corrected chi connectivity index (χ3v) is 2.30. The van der Waals surface area contributed by atoms with E-state index < -0.39 is 11.9 Å². The van der Waals surface area contributed by atoms with Gasteiger partial charge in [-0.3, -0.25) is 4.98 Å². The summed E-state index contributed by atoms with van der Waals surface area (Å²) in [6, 6.07) is 4.50. The zero-order valence-electron chi connectivity index (χ0n) is 8.24. The van der Waals surface area contributed by atoms with Crippen LogP contribution in [0, 0.1) is 5.82 Å². The van der Waals surface area contributed by atoms with Crippen LogP contribution in [0.2, 0.25) is 0 Å². The predicted molar refractivity (Wildman–Crippen MR) is 57.7 cm³/mol. The van der Waals surface area contributed by atoms with Crippen molar-refractivity contribution in [2.24, 2.45) is 0 Å². The number of hydrogen-bond acceptors (Lipinski definition) is 2. The number of hydrogen-bond donors (Lipinski definition) is 1. The number of aliphatic hydroxyl groups is 1. The summed E-state index contributed by atoms with van der Waals surface area (Å²) in [6.45, 7) is 1.62. The Kier molecular flexibility index (Phi) is 2.44. The lowest BCUT2D eigenvalue weighted by atomic mass is 9.92. The minimum absolute atomic E-state index is 0.239. The highest BCUT2D eigenvalue weighted by atomic mass is 19.1. The molecule has 1 unspecified atom stereocenters. The number of aromatic nitrogens is 1. The molecule has 0 fully saturated rings. The van der Waals surface area contributed by atoms with Gasteiger partial charge >= 0.3 is 0 Å². The first kappa shape index (κ1) is 10.1. The van der Waals surface area contributed by atoms with Gasteiger partial charge in [-0.15, -0.1) is 0 Å². The quantitative estimate of drug-likeness (QED) is 0.703. The molecule has 0 bridgehead atoms. The van der Waals surface area contributed by atoms with Crippen molar-refractivity contribution in [2.75, 3.05) is 0 Å². The maximum atomic E-state index is 13.5. The Hall–Kier alpha value is -1.42. The minimum Gasteiger partial charge on any atom is -0.389 e. The second-order valence-corrected chi connectivity index (χ2v) is 3.48. The monoisotopic (exact) mass is 201 g/mol. The van der Waals surface area contributed by atoms with Crippen molar-refractivity contribution in [3.05, 3.63) is 35.8 Å². The molecule has 0 saturated heterocycles. The fourth-order valence-corrected chi connectivity index (χ4v) is 1.62. The first-order valence-electron chi connectivity index (χ1n) is 4.61. The van der Waals surface area contributed by atoms with E-state index >= 15 is 0 Å². The number of pyridine rings is 1. The van der Waals surface area contributed by atoms with Gasteiger partial charge in [0.1, 0.15) is 19.2 Å². The third-order valence-electron chi connectivity index (χ3n) is 2.30. The first-order valence-corrected chi connectivity index (χ1v) is 4.61. The minimum atomic E-state index is -0.670. The molecule has 0 aliphatic carbocycles. The van der Waals surface area contributed by atoms with Crippen LogP contribution < -0.4 is 5.46 Å². The Morgan fingerprint density at radius 2 is 2.20 bits per heavy atom.